The van der Waals surface area contributed by atoms with Crippen LogP contribution in [-0.2, 0) is 16.0 Å². The second kappa shape index (κ2) is 10.2. The van der Waals surface area contributed by atoms with E-state index >= 15 is 0 Å². The Morgan fingerprint density at radius 3 is 2.38 bits per heavy atom. The van der Waals surface area contributed by atoms with Crippen molar-refractivity contribution in [3.8, 4) is 11.8 Å². The minimum atomic E-state index is -0.619. The number of nitrogens with zero attached hydrogens (tertiary/aromatic N) is 2. The van der Waals surface area contributed by atoms with E-state index in [0.717, 1.165) is 17.3 Å². The molecule has 0 spiro atoms. The van der Waals surface area contributed by atoms with Crippen molar-refractivity contribution in [1.29, 1.82) is 5.26 Å². The fraction of sp³-hybridized carbons (Fsp3) is 0.115. The Hall–Kier alpha value is -4.09. The Bertz CT molecular complexity index is 1270. The molecule has 1 saturated heterocycles. The summed E-state index contributed by atoms with van der Waals surface area (Å²) in [6.45, 7) is 0. The number of benzene rings is 3. The standard InChI is InChI=1S/C26H20FN3O3S/c1-33-21-13-11-19(12-14-21)29-24(31)22(16-28)26-30(20-5-3-2-4-6-20)25(32)23(34-26)15-17-7-9-18(27)10-8-17/h2-14,23H,15H2,1H3,(H,29,31)/b26-22-/t23-/m1/s1. The normalized spacial score (nSPS) is 16.7. The van der Waals surface area contributed by atoms with Gasteiger partial charge in [-0.25, -0.2) is 4.39 Å². The number of nitrogens with one attached hydrogen (secondary N) is 1. The van der Waals surface area contributed by atoms with Crippen LogP contribution in [0.25, 0.3) is 0 Å². The Morgan fingerprint density at radius 1 is 1.09 bits per heavy atom. The molecular weight excluding hydrogens is 453 g/mol. The maximum Gasteiger partial charge on any atom is 0.269 e. The van der Waals surface area contributed by atoms with Crippen LogP contribution in [0.5, 0.6) is 5.75 Å². The Kier molecular flexibility index (Phi) is 6.95. The van der Waals surface area contributed by atoms with Gasteiger partial charge in [-0.3, -0.25) is 14.5 Å². The lowest BCUT2D eigenvalue weighted by Crippen LogP contribution is -2.30. The van der Waals surface area contributed by atoms with Crippen molar-refractivity contribution in [1.82, 2.24) is 0 Å². The fourth-order valence-electron chi connectivity index (χ4n) is 3.50. The zero-order chi connectivity index (χ0) is 24.1. The molecule has 0 unspecified atom stereocenters. The van der Waals surface area contributed by atoms with Crippen LogP contribution in [0.3, 0.4) is 0 Å². The van der Waals surface area contributed by atoms with Gasteiger partial charge in [-0.1, -0.05) is 42.1 Å². The first-order valence-electron chi connectivity index (χ1n) is 10.4. The molecule has 170 valence electrons. The molecule has 2 amide bonds. The number of carbonyl (C=O) groups is 2. The number of amides is 2. The van der Waals surface area contributed by atoms with Gasteiger partial charge in [0, 0.05) is 11.4 Å². The average molecular weight is 474 g/mol. The third kappa shape index (κ3) is 4.95. The zero-order valence-corrected chi connectivity index (χ0v) is 19.0. The predicted molar refractivity (Wildman–Crippen MR) is 130 cm³/mol. The second-order valence-electron chi connectivity index (χ2n) is 7.42. The van der Waals surface area contributed by atoms with Gasteiger partial charge in [-0.15, -0.1) is 0 Å². The van der Waals surface area contributed by atoms with Gasteiger partial charge in [0.2, 0.25) is 5.91 Å². The number of anilines is 2. The van der Waals surface area contributed by atoms with Gasteiger partial charge in [-0.05, 0) is 60.5 Å². The summed E-state index contributed by atoms with van der Waals surface area (Å²) in [5.41, 5.74) is 1.66. The van der Waals surface area contributed by atoms with Crippen LogP contribution in [0, 0.1) is 17.1 Å². The molecule has 1 fully saturated rings. The van der Waals surface area contributed by atoms with E-state index in [0.29, 0.717) is 23.5 Å². The molecule has 0 bridgehead atoms. The lowest BCUT2D eigenvalue weighted by molar-refractivity contribution is -0.117. The molecule has 1 atom stereocenters. The molecule has 1 N–H and O–H groups in total. The number of ether oxygens (including phenoxy) is 1. The van der Waals surface area contributed by atoms with Crippen molar-refractivity contribution in [2.24, 2.45) is 0 Å². The van der Waals surface area contributed by atoms with E-state index < -0.39 is 11.2 Å². The van der Waals surface area contributed by atoms with Crippen LogP contribution < -0.4 is 15.0 Å². The Balaban J connectivity index is 1.68. The highest BCUT2D eigenvalue weighted by atomic mass is 32.2. The number of halogens is 1. The van der Waals surface area contributed by atoms with Gasteiger partial charge in [-0.2, -0.15) is 5.26 Å². The van der Waals surface area contributed by atoms with Gasteiger partial charge in [0.15, 0.2) is 0 Å². The Morgan fingerprint density at radius 2 is 1.76 bits per heavy atom. The molecule has 3 aromatic rings. The van der Waals surface area contributed by atoms with E-state index in [9.17, 15) is 19.2 Å². The molecule has 6 nitrogen and oxygen atoms in total. The maximum absolute atomic E-state index is 13.4. The van der Waals surface area contributed by atoms with E-state index in [1.165, 1.54) is 17.0 Å². The second-order valence-corrected chi connectivity index (χ2v) is 8.61. The summed E-state index contributed by atoms with van der Waals surface area (Å²) in [5, 5.41) is 12.3. The summed E-state index contributed by atoms with van der Waals surface area (Å²) in [6, 6.07) is 23.5. The third-order valence-electron chi connectivity index (χ3n) is 5.20. The number of carbonyl (C=O) groups excluding carboxylic acids is 2. The molecule has 8 heteroatoms. The number of thioether (sulfide) groups is 1. The summed E-state index contributed by atoms with van der Waals surface area (Å²) in [6.07, 6.45) is 0.329. The summed E-state index contributed by atoms with van der Waals surface area (Å²) >= 11 is 1.16. The fourth-order valence-corrected chi connectivity index (χ4v) is 4.81. The summed E-state index contributed by atoms with van der Waals surface area (Å²) in [5.74, 6) is -0.595. The highest BCUT2D eigenvalue weighted by Gasteiger charge is 2.40. The third-order valence-corrected chi connectivity index (χ3v) is 6.46. The molecule has 1 heterocycles. The van der Waals surface area contributed by atoms with E-state index in [-0.39, 0.29) is 22.3 Å². The van der Waals surface area contributed by atoms with E-state index in [1.807, 2.05) is 12.1 Å². The van der Waals surface area contributed by atoms with Crippen molar-refractivity contribution < 1.29 is 18.7 Å². The number of hydrogen-bond donors (Lipinski definition) is 1. The largest absolute Gasteiger partial charge is 0.497 e. The number of rotatable bonds is 6. The zero-order valence-electron chi connectivity index (χ0n) is 18.2. The first-order valence-corrected chi connectivity index (χ1v) is 11.3. The monoisotopic (exact) mass is 473 g/mol. The van der Waals surface area contributed by atoms with Gasteiger partial charge in [0.1, 0.15) is 28.2 Å². The molecule has 0 saturated carbocycles. The molecule has 0 aliphatic carbocycles. The molecule has 4 rings (SSSR count). The van der Waals surface area contributed by atoms with Crippen molar-refractivity contribution >= 4 is 35.0 Å². The van der Waals surface area contributed by atoms with Gasteiger partial charge in [0.05, 0.1) is 12.4 Å². The van der Waals surface area contributed by atoms with Gasteiger partial charge >= 0.3 is 0 Å². The van der Waals surface area contributed by atoms with E-state index in [2.05, 4.69) is 5.32 Å². The highest BCUT2D eigenvalue weighted by molar-refractivity contribution is 8.05. The lowest BCUT2D eigenvalue weighted by Gasteiger charge is -2.18. The number of methoxy groups -OCH3 is 1. The topological polar surface area (TPSA) is 82.4 Å². The predicted octanol–water partition coefficient (Wildman–Crippen LogP) is 4.90. The summed E-state index contributed by atoms with van der Waals surface area (Å²) in [4.78, 5) is 27.9. The first kappa shape index (κ1) is 23.1. The molecule has 0 radical (unpaired) electrons. The van der Waals surface area contributed by atoms with Crippen LogP contribution in [0.4, 0.5) is 15.8 Å². The lowest BCUT2D eigenvalue weighted by atomic mass is 10.1. The van der Waals surface area contributed by atoms with E-state index in [4.69, 9.17) is 4.74 Å². The Labute approximate surface area is 200 Å². The number of hydrogen-bond acceptors (Lipinski definition) is 5. The quantitative estimate of drug-likeness (QED) is 0.407. The maximum atomic E-state index is 13.4. The van der Waals surface area contributed by atoms with E-state index in [1.54, 1.807) is 67.8 Å². The molecule has 1 aliphatic heterocycles. The van der Waals surface area contributed by atoms with Crippen LogP contribution >= 0.6 is 11.8 Å². The summed E-state index contributed by atoms with van der Waals surface area (Å²) in [7, 11) is 1.54. The molecule has 1 aliphatic rings. The first-order chi connectivity index (χ1) is 16.5. The summed E-state index contributed by atoms with van der Waals surface area (Å²) < 4.78 is 18.4. The number of para-hydroxylation sites is 1. The number of nitriles is 1. The smallest absolute Gasteiger partial charge is 0.269 e. The van der Waals surface area contributed by atoms with Crippen molar-refractivity contribution in [2.45, 2.75) is 11.7 Å². The minimum Gasteiger partial charge on any atom is -0.497 e. The highest BCUT2D eigenvalue weighted by Crippen LogP contribution is 2.42. The van der Waals surface area contributed by atoms with Crippen LogP contribution in [-0.4, -0.2) is 24.2 Å². The molecule has 0 aromatic heterocycles. The van der Waals surface area contributed by atoms with Crippen LogP contribution in [0.15, 0.2) is 89.5 Å². The molecular formula is C26H20FN3O3S. The SMILES string of the molecule is COc1ccc(NC(=O)/C(C#N)=C2\S[C@H](Cc3ccc(F)cc3)C(=O)N2c2ccccc2)cc1. The van der Waals surface area contributed by atoms with Crippen LogP contribution in [0.1, 0.15) is 5.56 Å². The minimum absolute atomic E-state index is 0.167. The average Bonchev–Trinajstić information content (AvgIpc) is 3.17. The van der Waals surface area contributed by atoms with Crippen molar-refractivity contribution in [3.05, 3.63) is 101 Å². The molecule has 3 aromatic carbocycles. The van der Waals surface area contributed by atoms with Crippen molar-refractivity contribution in [2.75, 3.05) is 17.3 Å². The van der Waals surface area contributed by atoms with Crippen molar-refractivity contribution in [3.63, 3.8) is 0 Å². The van der Waals surface area contributed by atoms with Gasteiger partial charge in [0.25, 0.3) is 5.91 Å². The van der Waals surface area contributed by atoms with Crippen LogP contribution in [0.2, 0.25) is 0 Å². The molecule has 34 heavy (non-hydrogen) atoms. The van der Waals surface area contributed by atoms with Gasteiger partial charge < -0.3 is 10.1 Å².